The first-order valence-corrected chi connectivity index (χ1v) is 9.83. The number of hydrogen-bond acceptors (Lipinski definition) is 5. The molecule has 150 valence electrons. The van der Waals surface area contributed by atoms with Crippen LogP contribution in [0.25, 0.3) is 0 Å². The van der Waals surface area contributed by atoms with Gasteiger partial charge in [0.05, 0.1) is 18.8 Å². The van der Waals surface area contributed by atoms with Gasteiger partial charge in [-0.3, -0.25) is 14.8 Å². The fraction of sp³-hybridized carbons (Fsp3) is 0.391. The van der Waals surface area contributed by atoms with Crippen LogP contribution < -0.4 is 5.32 Å². The minimum absolute atomic E-state index is 0.106. The van der Waals surface area contributed by atoms with Gasteiger partial charge in [0, 0.05) is 18.1 Å². The summed E-state index contributed by atoms with van der Waals surface area (Å²) in [7, 11) is 0. The second-order valence-electron chi connectivity index (χ2n) is 7.77. The van der Waals surface area contributed by atoms with Crippen LogP contribution in [-0.4, -0.2) is 45.2 Å². The van der Waals surface area contributed by atoms with Gasteiger partial charge in [0.25, 0.3) is 0 Å². The van der Waals surface area contributed by atoms with E-state index in [2.05, 4.69) is 35.1 Å². The number of terminal acetylenes is 1. The van der Waals surface area contributed by atoms with Crippen LogP contribution in [0.2, 0.25) is 0 Å². The average Bonchev–Trinajstić information content (AvgIpc) is 3.03. The molecule has 0 aliphatic carbocycles. The van der Waals surface area contributed by atoms with E-state index in [1.54, 1.807) is 18.6 Å². The molecule has 1 aromatic carbocycles. The molecule has 0 spiro atoms. The molecule has 1 aliphatic heterocycles. The molecule has 29 heavy (non-hydrogen) atoms. The predicted molar refractivity (Wildman–Crippen MR) is 116 cm³/mol. The van der Waals surface area contributed by atoms with Crippen LogP contribution in [0.1, 0.15) is 37.1 Å². The number of para-hydroxylation sites is 1. The van der Waals surface area contributed by atoms with E-state index in [4.69, 9.17) is 11.4 Å². The lowest BCUT2D eigenvalue weighted by Gasteiger charge is -2.29. The van der Waals surface area contributed by atoms with Gasteiger partial charge in [-0.1, -0.05) is 38.0 Å². The number of rotatable bonds is 6. The number of aryl methyl sites for hydroxylation is 2. The van der Waals surface area contributed by atoms with Crippen molar-refractivity contribution in [2.45, 2.75) is 46.2 Å². The van der Waals surface area contributed by atoms with Crippen molar-refractivity contribution in [2.75, 3.05) is 11.9 Å². The highest BCUT2D eigenvalue weighted by Gasteiger charge is 2.42. The molecule has 6 nitrogen and oxygen atoms in total. The lowest BCUT2D eigenvalue weighted by molar-refractivity contribution is -0.120. The number of carbonyl (C=O) groups excluding carboxylic acids is 1. The summed E-state index contributed by atoms with van der Waals surface area (Å²) < 4.78 is 0. The Morgan fingerprint density at radius 1 is 1.28 bits per heavy atom. The summed E-state index contributed by atoms with van der Waals surface area (Å²) in [6.07, 6.45) is 11.3. The van der Waals surface area contributed by atoms with Gasteiger partial charge in [-0.2, -0.15) is 0 Å². The van der Waals surface area contributed by atoms with Gasteiger partial charge in [-0.25, -0.2) is 4.98 Å². The molecular weight excluding hydrogens is 362 g/mol. The molecule has 6 heteroatoms. The van der Waals surface area contributed by atoms with Crippen LogP contribution >= 0.6 is 0 Å². The number of nitrogens with zero attached hydrogens (tertiary/aromatic N) is 4. The third-order valence-electron chi connectivity index (χ3n) is 5.03. The summed E-state index contributed by atoms with van der Waals surface area (Å²) in [6, 6.07) is 5.26. The van der Waals surface area contributed by atoms with Gasteiger partial charge < -0.3 is 10.2 Å². The smallest absolute Gasteiger partial charge is 0.249 e. The predicted octanol–water partition coefficient (Wildman–Crippen LogP) is 3.21. The first kappa shape index (κ1) is 20.5. The van der Waals surface area contributed by atoms with Crippen LogP contribution in [0.15, 0.2) is 41.8 Å². The summed E-state index contributed by atoms with van der Waals surface area (Å²) in [5, 5.41) is 3.13. The Morgan fingerprint density at radius 2 is 2.00 bits per heavy atom. The second-order valence-corrected chi connectivity index (χ2v) is 7.77. The lowest BCUT2D eigenvalue weighted by Crippen LogP contribution is -2.48. The zero-order valence-corrected chi connectivity index (χ0v) is 17.4. The molecule has 1 aromatic heterocycles. The van der Waals surface area contributed by atoms with Crippen LogP contribution in [0.5, 0.6) is 0 Å². The number of benzene rings is 1. The highest BCUT2D eigenvalue weighted by atomic mass is 16.2. The maximum absolute atomic E-state index is 13.4. The fourth-order valence-corrected chi connectivity index (χ4v) is 3.73. The van der Waals surface area contributed by atoms with Crippen molar-refractivity contribution in [3.63, 3.8) is 0 Å². The van der Waals surface area contributed by atoms with E-state index in [0.717, 1.165) is 23.2 Å². The third kappa shape index (κ3) is 4.45. The summed E-state index contributed by atoms with van der Waals surface area (Å²) in [5.74, 6) is 3.58. The van der Waals surface area contributed by atoms with E-state index in [9.17, 15) is 4.79 Å². The molecule has 0 saturated carbocycles. The van der Waals surface area contributed by atoms with Crippen LogP contribution in [0.4, 0.5) is 5.69 Å². The number of amides is 1. The molecule has 0 saturated heterocycles. The quantitative estimate of drug-likeness (QED) is 0.770. The molecule has 2 atom stereocenters. The SMILES string of the molecule is C#CCN1C(c2cnccn2)=NC(CC(C)C)C1C(=O)Nc1c(C)cccc1C. The molecule has 1 N–H and O–H groups in total. The van der Waals surface area contributed by atoms with Gasteiger partial charge in [0.15, 0.2) is 5.84 Å². The van der Waals surface area contributed by atoms with Crippen LogP contribution in [0, 0.1) is 32.1 Å². The molecule has 1 amide bonds. The average molecular weight is 390 g/mol. The maximum atomic E-state index is 13.4. The van der Waals surface area contributed by atoms with E-state index in [1.165, 1.54) is 0 Å². The largest absolute Gasteiger partial charge is 0.330 e. The Bertz CT molecular complexity index is 925. The van der Waals surface area contributed by atoms with E-state index in [0.29, 0.717) is 17.4 Å². The molecule has 0 bridgehead atoms. The Hall–Kier alpha value is -3.20. The Morgan fingerprint density at radius 3 is 2.59 bits per heavy atom. The summed E-state index contributed by atoms with van der Waals surface area (Å²) in [6.45, 7) is 8.51. The summed E-state index contributed by atoms with van der Waals surface area (Å²) in [5.41, 5.74) is 3.51. The third-order valence-corrected chi connectivity index (χ3v) is 5.03. The fourth-order valence-electron chi connectivity index (χ4n) is 3.73. The van der Waals surface area contributed by atoms with Gasteiger partial charge in [-0.15, -0.1) is 6.42 Å². The van der Waals surface area contributed by atoms with Crippen molar-refractivity contribution in [3.05, 3.63) is 53.6 Å². The van der Waals surface area contributed by atoms with Gasteiger partial charge >= 0.3 is 0 Å². The molecule has 0 fully saturated rings. The van der Waals surface area contributed by atoms with E-state index in [-0.39, 0.29) is 18.5 Å². The topological polar surface area (TPSA) is 70.5 Å². The summed E-state index contributed by atoms with van der Waals surface area (Å²) >= 11 is 0. The van der Waals surface area contributed by atoms with E-state index in [1.807, 2.05) is 36.9 Å². The number of aliphatic imine (C=N–C) groups is 1. The minimum Gasteiger partial charge on any atom is -0.330 e. The van der Waals surface area contributed by atoms with Crippen molar-refractivity contribution in [1.82, 2.24) is 14.9 Å². The molecule has 1 aliphatic rings. The first-order valence-electron chi connectivity index (χ1n) is 9.83. The maximum Gasteiger partial charge on any atom is 0.249 e. The van der Waals surface area contributed by atoms with E-state index >= 15 is 0 Å². The molecule has 2 heterocycles. The summed E-state index contributed by atoms with van der Waals surface area (Å²) in [4.78, 5) is 28.7. The van der Waals surface area contributed by atoms with Crippen molar-refractivity contribution >= 4 is 17.4 Å². The Balaban J connectivity index is 1.97. The lowest BCUT2D eigenvalue weighted by atomic mass is 9.97. The zero-order valence-electron chi connectivity index (χ0n) is 17.4. The second kappa shape index (κ2) is 8.87. The van der Waals surface area contributed by atoms with Crippen molar-refractivity contribution in [3.8, 4) is 12.3 Å². The van der Waals surface area contributed by atoms with Gasteiger partial charge in [-0.05, 0) is 37.3 Å². The van der Waals surface area contributed by atoms with Crippen molar-refractivity contribution in [2.24, 2.45) is 10.9 Å². The normalized spacial score (nSPS) is 18.5. The monoisotopic (exact) mass is 389 g/mol. The highest BCUT2D eigenvalue weighted by molar-refractivity contribution is 6.05. The standard InChI is InChI=1S/C23H27N5O/c1-6-12-28-21(23(29)27-20-16(4)8-7-9-17(20)5)18(13-15(2)3)26-22(28)19-14-24-10-11-25-19/h1,7-11,14-15,18,21H,12-13H2,2-5H3,(H,27,29). The number of amidine groups is 1. The molecule has 2 unspecified atom stereocenters. The van der Waals surface area contributed by atoms with Crippen LogP contribution in [-0.2, 0) is 4.79 Å². The van der Waals surface area contributed by atoms with E-state index < -0.39 is 6.04 Å². The molecular formula is C23H27N5O. The van der Waals surface area contributed by atoms with Crippen LogP contribution in [0.3, 0.4) is 0 Å². The number of hydrogen-bond donors (Lipinski definition) is 1. The number of anilines is 1. The van der Waals surface area contributed by atoms with Gasteiger partial charge in [0.2, 0.25) is 5.91 Å². The highest BCUT2D eigenvalue weighted by Crippen LogP contribution is 2.28. The zero-order chi connectivity index (χ0) is 21.0. The first-order chi connectivity index (χ1) is 13.9. The Labute approximate surface area is 172 Å². The Kier molecular flexibility index (Phi) is 6.28. The van der Waals surface area contributed by atoms with Gasteiger partial charge in [0.1, 0.15) is 11.7 Å². The molecule has 0 radical (unpaired) electrons. The molecule has 3 rings (SSSR count). The molecule has 2 aromatic rings. The number of aromatic nitrogens is 2. The number of nitrogens with one attached hydrogen (secondary N) is 1. The number of carbonyl (C=O) groups is 1. The van der Waals surface area contributed by atoms with Crippen molar-refractivity contribution < 1.29 is 4.79 Å². The van der Waals surface area contributed by atoms with Crippen molar-refractivity contribution in [1.29, 1.82) is 0 Å². The minimum atomic E-state index is -0.496.